The van der Waals surface area contributed by atoms with Gasteiger partial charge in [0, 0.05) is 18.9 Å². The van der Waals surface area contributed by atoms with Crippen molar-refractivity contribution in [1.82, 2.24) is 5.32 Å². The summed E-state index contributed by atoms with van der Waals surface area (Å²) >= 11 is 0. The zero-order valence-corrected chi connectivity index (χ0v) is 14.6. The van der Waals surface area contributed by atoms with Gasteiger partial charge in [-0.3, -0.25) is 0 Å². The number of nitrogens with one attached hydrogen (secondary N) is 1. The molecule has 1 heterocycles. The second kappa shape index (κ2) is 7.68. The van der Waals surface area contributed by atoms with Crippen molar-refractivity contribution in [2.75, 3.05) is 26.3 Å². The molecule has 0 radical (unpaired) electrons. The molecule has 2 aliphatic rings. The van der Waals surface area contributed by atoms with Gasteiger partial charge in [0.05, 0.1) is 16.8 Å². The Bertz CT molecular complexity index is 782. The molecule has 0 spiro atoms. The molecular formula is C18H22FNO4S. The molecule has 1 aromatic carbocycles. The average molecular weight is 367 g/mol. The van der Waals surface area contributed by atoms with E-state index in [2.05, 4.69) is 5.32 Å². The summed E-state index contributed by atoms with van der Waals surface area (Å²) in [5.74, 6) is 0.279. The highest BCUT2D eigenvalue weighted by Gasteiger charge is 2.29. The SMILES string of the molecule is O=S(=O)(c1ccc(C2CCNC2)c(OCCO)c1)C1C=CC=C(F)C1. The molecule has 0 bridgehead atoms. The smallest absolute Gasteiger partial charge is 0.185 e. The molecule has 5 nitrogen and oxygen atoms in total. The zero-order chi connectivity index (χ0) is 17.9. The first kappa shape index (κ1) is 18.1. The molecular weight excluding hydrogens is 345 g/mol. The molecule has 0 saturated carbocycles. The van der Waals surface area contributed by atoms with Crippen molar-refractivity contribution < 1.29 is 22.7 Å². The summed E-state index contributed by atoms with van der Waals surface area (Å²) in [5.41, 5.74) is 0.933. The van der Waals surface area contributed by atoms with Crippen LogP contribution in [-0.2, 0) is 9.84 Å². The number of benzene rings is 1. The van der Waals surface area contributed by atoms with Crippen molar-refractivity contribution >= 4 is 9.84 Å². The van der Waals surface area contributed by atoms with E-state index in [0.29, 0.717) is 5.75 Å². The summed E-state index contributed by atoms with van der Waals surface area (Å²) in [6.45, 7) is 1.66. The maximum absolute atomic E-state index is 13.5. The van der Waals surface area contributed by atoms with Gasteiger partial charge in [0.1, 0.15) is 18.2 Å². The molecule has 0 amide bonds. The van der Waals surface area contributed by atoms with Crippen molar-refractivity contribution in [1.29, 1.82) is 0 Å². The first-order valence-corrected chi connectivity index (χ1v) is 9.92. The van der Waals surface area contributed by atoms with E-state index in [9.17, 15) is 12.8 Å². The van der Waals surface area contributed by atoms with Crippen molar-refractivity contribution in [2.45, 2.75) is 28.9 Å². The number of hydrogen-bond donors (Lipinski definition) is 2. The minimum Gasteiger partial charge on any atom is -0.491 e. The average Bonchev–Trinajstić information content (AvgIpc) is 3.14. The van der Waals surface area contributed by atoms with Gasteiger partial charge in [0.25, 0.3) is 0 Å². The Balaban J connectivity index is 1.93. The van der Waals surface area contributed by atoms with Gasteiger partial charge in [-0.15, -0.1) is 0 Å². The van der Waals surface area contributed by atoms with Gasteiger partial charge in [-0.1, -0.05) is 18.2 Å². The van der Waals surface area contributed by atoms with Crippen LogP contribution in [0.15, 0.2) is 47.1 Å². The topological polar surface area (TPSA) is 75.6 Å². The summed E-state index contributed by atoms with van der Waals surface area (Å²) in [6.07, 6.45) is 5.01. The quantitative estimate of drug-likeness (QED) is 0.805. The van der Waals surface area contributed by atoms with Gasteiger partial charge in [-0.2, -0.15) is 0 Å². The molecule has 1 aliphatic heterocycles. The lowest BCUT2D eigenvalue weighted by molar-refractivity contribution is 0.199. The highest BCUT2D eigenvalue weighted by Crippen LogP contribution is 2.35. The van der Waals surface area contributed by atoms with E-state index in [1.165, 1.54) is 24.3 Å². The van der Waals surface area contributed by atoms with Crippen molar-refractivity contribution in [3.63, 3.8) is 0 Å². The molecule has 1 aromatic rings. The number of allylic oxidation sites excluding steroid dienone is 3. The first-order chi connectivity index (χ1) is 12.0. The second-order valence-electron chi connectivity index (χ2n) is 6.25. The van der Waals surface area contributed by atoms with Crippen LogP contribution in [0.1, 0.15) is 24.3 Å². The molecule has 25 heavy (non-hydrogen) atoms. The molecule has 1 aliphatic carbocycles. The van der Waals surface area contributed by atoms with Crippen LogP contribution in [0.4, 0.5) is 4.39 Å². The van der Waals surface area contributed by atoms with Crippen molar-refractivity contribution in [3.8, 4) is 5.75 Å². The van der Waals surface area contributed by atoms with Gasteiger partial charge >= 0.3 is 0 Å². The number of aliphatic hydroxyl groups is 1. The molecule has 1 fully saturated rings. The summed E-state index contributed by atoms with van der Waals surface area (Å²) in [7, 11) is -3.71. The molecule has 7 heteroatoms. The number of rotatable bonds is 6. The molecule has 2 atom stereocenters. The maximum atomic E-state index is 13.5. The van der Waals surface area contributed by atoms with E-state index < -0.39 is 20.9 Å². The van der Waals surface area contributed by atoms with Gasteiger partial charge in [0.2, 0.25) is 0 Å². The van der Waals surface area contributed by atoms with Crippen molar-refractivity contribution in [3.05, 3.63) is 47.8 Å². The maximum Gasteiger partial charge on any atom is 0.185 e. The van der Waals surface area contributed by atoms with Gasteiger partial charge in [-0.05, 0) is 36.7 Å². The summed E-state index contributed by atoms with van der Waals surface area (Å²) < 4.78 is 44.7. The third-order valence-corrected chi connectivity index (χ3v) is 6.59. The number of sulfone groups is 1. The summed E-state index contributed by atoms with van der Waals surface area (Å²) in [4.78, 5) is 0.111. The fourth-order valence-corrected chi connectivity index (χ4v) is 4.78. The lowest BCUT2D eigenvalue weighted by Gasteiger charge is -2.19. The number of aliphatic hydroxyl groups excluding tert-OH is 1. The fraction of sp³-hybridized carbons (Fsp3) is 0.444. The normalized spacial score (nSPS) is 23.5. The van der Waals surface area contributed by atoms with E-state index in [0.717, 1.165) is 25.1 Å². The van der Waals surface area contributed by atoms with Crippen LogP contribution >= 0.6 is 0 Å². The van der Waals surface area contributed by atoms with E-state index >= 15 is 0 Å². The highest BCUT2D eigenvalue weighted by molar-refractivity contribution is 7.92. The minimum absolute atomic E-state index is 0.0946. The van der Waals surface area contributed by atoms with Crippen LogP contribution in [0.3, 0.4) is 0 Å². The number of halogens is 1. The standard InChI is InChI=1S/C18H22FNO4S/c19-14-2-1-3-15(10-14)25(22,23)16-4-5-17(13-6-7-20-12-13)18(11-16)24-9-8-21/h1-5,11,13,15,20-21H,6-10,12H2. The van der Waals surface area contributed by atoms with E-state index in [4.69, 9.17) is 9.84 Å². The number of hydrogen-bond acceptors (Lipinski definition) is 5. The van der Waals surface area contributed by atoms with Crippen LogP contribution in [0.25, 0.3) is 0 Å². The van der Waals surface area contributed by atoms with Crippen LogP contribution in [0.2, 0.25) is 0 Å². The third-order valence-electron chi connectivity index (χ3n) is 4.56. The van der Waals surface area contributed by atoms with Crippen molar-refractivity contribution in [2.24, 2.45) is 0 Å². The lowest BCUT2D eigenvalue weighted by Crippen LogP contribution is -2.21. The predicted molar refractivity (Wildman–Crippen MR) is 93.2 cm³/mol. The molecule has 2 N–H and O–H groups in total. The first-order valence-electron chi connectivity index (χ1n) is 8.37. The monoisotopic (exact) mass is 367 g/mol. The Hall–Kier alpha value is -1.70. The largest absolute Gasteiger partial charge is 0.491 e. The Labute approximate surface area is 147 Å². The molecule has 136 valence electrons. The Morgan fingerprint density at radius 1 is 1.36 bits per heavy atom. The molecule has 3 rings (SSSR count). The number of ether oxygens (including phenoxy) is 1. The summed E-state index contributed by atoms with van der Waals surface area (Å²) in [6, 6.07) is 4.84. The van der Waals surface area contributed by atoms with E-state index in [1.54, 1.807) is 12.1 Å². The van der Waals surface area contributed by atoms with Crippen LogP contribution in [-0.4, -0.2) is 45.1 Å². The minimum atomic E-state index is -3.71. The van der Waals surface area contributed by atoms with Crippen LogP contribution in [0, 0.1) is 0 Å². The van der Waals surface area contributed by atoms with E-state index in [1.807, 2.05) is 0 Å². The zero-order valence-electron chi connectivity index (χ0n) is 13.8. The Morgan fingerprint density at radius 2 is 2.20 bits per heavy atom. The second-order valence-corrected chi connectivity index (χ2v) is 8.41. The van der Waals surface area contributed by atoms with Gasteiger partial charge in [-0.25, -0.2) is 12.8 Å². The molecule has 0 aromatic heterocycles. The predicted octanol–water partition coefficient (Wildman–Crippen LogP) is 2.09. The molecule has 1 saturated heterocycles. The summed E-state index contributed by atoms with van der Waals surface area (Å²) in [5, 5.41) is 11.4. The van der Waals surface area contributed by atoms with E-state index in [-0.39, 0.29) is 30.4 Å². The van der Waals surface area contributed by atoms with Gasteiger partial charge < -0.3 is 15.2 Å². The van der Waals surface area contributed by atoms with Gasteiger partial charge in [0.15, 0.2) is 9.84 Å². The molecule has 2 unspecified atom stereocenters. The van der Waals surface area contributed by atoms with Crippen LogP contribution in [0.5, 0.6) is 5.75 Å². The lowest BCUT2D eigenvalue weighted by atomic mass is 9.97. The highest BCUT2D eigenvalue weighted by atomic mass is 32.2. The van der Waals surface area contributed by atoms with Crippen LogP contribution < -0.4 is 10.1 Å². The fourth-order valence-electron chi connectivity index (χ4n) is 3.23. The Kier molecular flexibility index (Phi) is 5.56. The Morgan fingerprint density at radius 3 is 2.88 bits per heavy atom. The third kappa shape index (κ3) is 3.94.